The van der Waals surface area contributed by atoms with Crippen LogP contribution in [0.2, 0.25) is 0 Å². The normalized spacial score (nSPS) is 26.3. The van der Waals surface area contributed by atoms with Gasteiger partial charge in [0.25, 0.3) is 0 Å². The fraction of sp³-hybridized carbons (Fsp3) is 0.600. The van der Waals surface area contributed by atoms with E-state index in [0.717, 1.165) is 23.5 Å². The standard InChI is InChI=1S/C10H12N2OS/c1-8-12-9(5-14-8)4-10(6-11)2-3-13-7-10/h5H,2-4,7H2,1H3. The van der Waals surface area contributed by atoms with Crippen LogP contribution in [0.1, 0.15) is 17.1 Å². The van der Waals surface area contributed by atoms with Gasteiger partial charge in [0.2, 0.25) is 0 Å². The minimum absolute atomic E-state index is 0.319. The minimum atomic E-state index is -0.319. The maximum Gasteiger partial charge on any atom is 0.0897 e. The molecule has 4 heteroatoms. The van der Waals surface area contributed by atoms with Crippen molar-refractivity contribution < 1.29 is 4.74 Å². The number of hydrogen-bond acceptors (Lipinski definition) is 4. The van der Waals surface area contributed by atoms with Gasteiger partial charge in [0.15, 0.2) is 0 Å². The van der Waals surface area contributed by atoms with E-state index >= 15 is 0 Å². The van der Waals surface area contributed by atoms with Gasteiger partial charge in [0.1, 0.15) is 0 Å². The molecule has 14 heavy (non-hydrogen) atoms. The highest BCUT2D eigenvalue weighted by Gasteiger charge is 2.35. The molecule has 1 aromatic heterocycles. The second-order valence-corrected chi connectivity index (χ2v) is 4.79. The Bertz CT molecular complexity index is 360. The molecule has 1 aliphatic heterocycles. The zero-order chi connectivity index (χ0) is 10.0. The smallest absolute Gasteiger partial charge is 0.0897 e. The van der Waals surface area contributed by atoms with Crippen LogP contribution in [0.4, 0.5) is 0 Å². The van der Waals surface area contributed by atoms with Crippen LogP contribution in [-0.4, -0.2) is 18.2 Å². The number of thiazole rings is 1. The minimum Gasteiger partial charge on any atom is -0.380 e. The van der Waals surface area contributed by atoms with Gasteiger partial charge in [-0.25, -0.2) is 4.98 Å². The predicted molar refractivity (Wildman–Crippen MR) is 54.0 cm³/mol. The monoisotopic (exact) mass is 208 g/mol. The first-order valence-corrected chi connectivity index (χ1v) is 5.52. The third-order valence-corrected chi connectivity index (χ3v) is 3.35. The highest BCUT2D eigenvalue weighted by Crippen LogP contribution is 2.31. The molecule has 0 saturated carbocycles. The van der Waals surface area contributed by atoms with E-state index in [1.165, 1.54) is 0 Å². The Morgan fingerprint density at radius 3 is 3.14 bits per heavy atom. The van der Waals surface area contributed by atoms with Gasteiger partial charge in [-0.05, 0) is 13.3 Å². The van der Waals surface area contributed by atoms with Gasteiger partial charge in [-0.2, -0.15) is 5.26 Å². The van der Waals surface area contributed by atoms with E-state index in [2.05, 4.69) is 11.1 Å². The van der Waals surface area contributed by atoms with Crippen molar-refractivity contribution in [3.8, 4) is 6.07 Å². The first-order valence-electron chi connectivity index (χ1n) is 4.64. The summed E-state index contributed by atoms with van der Waals surface area (Å²) in [6, 6.07) is 2.37. The lowest BCUT2D eigenvalue weighted by Gasteiger charge is -2.16. The van der Waals surface area contributed by atoms with E-state index in [-0.39, 0.29) is 5.41 Å². The first-order chi connectivity index (χ1) is 6.74. The molecule has 0 amide bonds. The molecular weight excluding hydrogens is 196 g/mol. The topological polar surface area (TPSA) is 45.9 Å². The van der Waals surface area contributed by atoms with Crippen molar-refractivity contribution in [2.24, 2.45) is 5.41 Å². The van der Waals surface area contributed by atoms with Crippen molar-refractivity contribution in [1.29, 1.82) is 5.26 Å². The zero-order valence-electron chi connectivity index (χ0n) is 8.12. The van der Waals surface area contributed by atoms with Crippen molar-refractivity contribution in [3.05, 3.63) is 16.1 Å². The summed E-state index contributed by atoms with van der Waals surface area (Å²) >= 11 is 1.64. The first kappa shape index (κ1) is 9.63. The highest BCUT2D eigenvalue weighted by molar-refractivity contribution is 7.09. The van der Waals surface area contributed by atoms with Crippen LogP contribution < -0.4 is 0 Å². The second kappa shape index (κ2) is 3.68. The molecular formula is C10H12N2OS. The van der Waals surface area contributed by atoms with Crippen LogP contribution in [0.15, 0.2) is 5.38 Å². The Balaban J connectivity index is 2.13. The van der Waals surface area contributed by atoms with E-state index in [1.807, 2.05) is 12.3 Å². The molecule has 0 aliphatic carbocycles. The SMILES string of the molecule is Cc1nc(CC2(C#N)CCOC2)cs1. The van der Waals surface area contributed by atoms with Crippen molar-refractivity contribution in [3.63, 3.8) is 0 Å². The lowest BCUT2D eigenvalue weighted by atomic mass is 9.84. The van der Waals surface area contributed by atoms with Gasteiger partial charge < -0.3 is 4.74 Å². The van der Waals surface area contributed by atoms with Gasteiger partial charge in [0.05, 0.1) is 28.8 Å². The summed E-state index contributed by atoms with van der Waals surface area (Å²) in [7, 11) is 0. The summed E-state index contributed by atoms with van der Waals surface area (Å²) in [5, 5.41) is 12.2. The summed E-state index contributed by atoms with van der Waals surface area (Å²) in [5.41, 5.74) is 0.708. The molecule has 1 aliphatic rings. The summed E-state index contributed by atoms with van der Waals surface area (Å²) in [6.45, 7) is 3.25. The van der Waals surface area contributed by atoms with Crippen molar-refractivity contribution in [2.75, 3.05) is 13.2 Å². The average molecular weight is 208 g/mol. The van der Waals surface area contributed by atoms with Gasteiger partial charge in [0, 0.05) is 18.4 Å². The molecule has 1 unspecified atom stereocenters. The summed E-state index contributed by atoms with van der Waals surface area (Å²) < 4.78 is 5.28. The molecule has 1 aromatic rings. The van der Waals surface area contributed by atoms with E-state index in [9.17, 15) is 0 Å². The number of ether oxygens (including phenoxy) is 1. The van der Waals surface area contributed by atoms with Gasteiger partial charge >= 0.3 is 0 Å². The third kappa shape index (κ3) is 1.79. The van der Waals surface area contributed by atoms with E-state index < -0.39 is 0 Å². The maximum atomic E-state index is 9.13. The van der Waals surface area contributed by atoms with Gasteiger partial charge in [-0.15, -0.1) is 11.3 Å². The third-order valence-electron chi connectivity index (χ3n) is 2.53. The van der Waals surface area contributed by atoms with Crippen molar-refractivity contribution >= 4 is 11.3 Å². The van der Waals surface area contributed by atoms with E-state index in [4.69, 9.17) is 10.00 Å². The van der Waals surface area contributed by atoms with Gasteiger partial charge in [-0.3, -0.25) is 0 Å². The highest BCUT2D eigenvalue weighted by atomic mass is 32.1. The Labute approximate surface area is 87.3 Å². The van der Waals surface area contributed by atoms with E-state index in [0.29, 0.717) is 13.2 Å². The van der Waals surface area contributed by atoms with Crippen LogP contribution in [-0.2, 0) is 11.2 Å². The Morgan fingerprint density at radius 1 is 1.79 bits per heavy atom. The molecule has 0 aromatic carbocycles. The quantitative estimate of drug-likeness (QED) is 0.746. The molecule has 0 bridgehead atoms. The van der Waals surface area contributed by atoms with Crippen LogP contribution in [0.3, 0.4) is 0 Å². The number of aromatic nitrogens is 1. The Hall–Kier alpha value is -0.920. The predicted octanol–water partition coefficient (Wildman–Crippen LogP) is 1.92. The van der Waals surface area contributed by atoms with Crippen LogP contribution in [0, 0.1) is 23.7 Å². The molecule has 1 atom stereocenters. The van der Waals surface area contributed by atoms with Crippen LogP contribution in [0.25, 0.3) is 0 Å². The number of nitrogens with zero attached hydrogens (tertiary/aromatic N) is 2. The molecule has 3 nitrogen and oxygen atoms in total. The van der Waals surface area contributed by atoms with Gasteiger partial charge in [-0.1, -0.05) is 0 Å². The summed E-state index contributed by atoms with van der Waals surface area (Å²) in [6.07, 6.45) is 1.56. The average Bonchev–Trinajstić information content (AvgIpc) is 2.77. The number of aryl methyl sites for hydroxylation is 1. The van der Waals surface area contributed by atoms with Crippen LogP contribution >= 0.6 is 11.3 Å². The molecule has 2 heterocycles. The summed E-state index contributed by atoms with van der Waals surface area (Å²) in [5.74, 6) is 0. The molecule has 74 valence electrons. The Morgan fingerprint density at radius 2 is 2.64 bits per heavy atom. The lowest BCUT2D eigenvalue weighted by Crippen LogP contribution is -2.21. The Kier molecular flexibility index (Phi) is 2.53. The maximum absolute atomic E-state index is 9.13. The molecule has 0 radical (unpaired) electrons. The number of rotatable bonds is 2. The van der Waals surface area contributed by atoms with Crippen LogP contribution in [0.5, 0.6) is 0 Å². The zero-order valence-corrected chi connectivity index (χ0v) is 8.93. The largest absolute Gasteiger partial charge is 0.380 e. The second-order valence-electron chi connectivity index (χ2n) is 3.73. The van der Waals surface area contributed by atoms with Crippen molar-refractivity contribution in [1.82, 2.24) is 4.98 Å². The van der Waals surface area contributed by atoms with Crippen molar-refractivity contribution in [2.45, 2.75) is 19.8 Å². The molecule has 0 N–H and O–H groups in total. The molecule has 1 fully saturated rings. The number of nitriles is 1. The lowest BCUT2D eigenvalue weighted by molar-refractivity contribution is 0.171. The fourth-order valence-corrected chi connectivity index (χ4v) is 2.32. The fourth-order valence-electron chi connectivity index (χ4n) is 1.71. The molecule has 0 spiro atoms. The summed E-state index contributed by atoms with van der Waals surface area (Å²) in [4.78, 5) is 4.38. The number of hydrogen-bond donors (Lipinski definition) is 0. The van der Waals surface area contributed by atoms with E-state index in [1.54, 1.807) is 11.3 Å². The molecule has 1 saturated heterocycles. The molecule has 2 rings (SSSR count).